The summed E-state index contributed by atoms with van der Waals surface area (Å²) in [4.78, 5) is 4.86. The first-order chi connectivity index (χ1) is 42.9. The molecule has 3 aliphatic rings. The number of para-hydroxylation sites is 4. The molecule has 0 amide bonds. The lowest BCUT2D eigenvalue weighted by Crippen LogP contribution is -2.15. The van der Waals surface area contributed by atoms with Crippen LogP contribution in [0.25, 0.3) is 98.8 Å². The molecule has 0 spiro atoms. The molecule has 4 nitrogen and oxygen atoms in total. The van der Waals surface area contributed by atoms with Crippen LogP contribution in [0.15, 0.2) is 251 Å². The molecule has 87 heavy (non-hydrogen) atoms. The number of furan rings is 2. The van der Waals surface area contributed by atoms with Crippen LogP contribution in [0.1, 0.15) is 112 Å². The van der Waals surface area contributed by atoms with Gasteiger partial charge in [-0.2, -0.15) is 0 Å². The first kappa shape index (κ1) is 51.8. The van der Waals surface area contributed by atoms with Crippen molar-refractivity contribution in [3.63, 3.8) is 0 Å². The molecular formula is C83H68N2O2. The molecule has 2 saturated carbocycles. The van der Waals surface area contributed by atoms with Gasteiger partial charge in [0.15, 0.2) is 11.2 Å². The summed E-state index contributed by atoms with van der Waals surface area (Å²) in [6.45, 7) is 4.83. The lowest BCUT2D eigenvalue weighted by atomic mass is 9.81. The van der Waals surface area contributed by atoms with E-state index in [1.54, 1.807) is 0 Å². The Bertz CT molecular complexity index is 4680. The summed E-state index contributed by atoms with van der Waals surface area (Å²) in [6, 6.07) is 90.5. The molecule has 0 atom stereocenters. The maximum absolute atomic E-state index is 7.24. The van der Waals surface area contributed by atoms with Gasteiger partial charge in [0.25, 0.3) is 0 Å². The Morgan fingerprint density at radius 2 is 0.690 bits per heavy atom. The summed E-state index contributed by atoms with van der Waals surface area (Å²) in [5, 5.41) is 9.54. The van der Waals surface area contributed by atoms with E-state index in [0.717, 1.165) is 67.2 Å². The molecular weight excluding hydrogens is 1060 g/mol. The van der Waals surface area contributed by atoms with Gasteiger partial charge in [0.2, 0.25) is 0 Å². The van der Waals surface area contributed by atoms with Crippen molar-refractivity contribution in [3.8, 4) is 33.4 Å². The molecule has 0 unspecified atom stereocenters. The van der Waals surface area contributed by atoms with Crippen molar-refractivity contribution in [1.29, 1.82) is 0 Å². The van der Waals surface area contributed by atoms with Crippen LogP contribution < -0.4 is 9.80 Å². The van der Waals surface area contributed by atoms with Crippen molar-refractivity contribution in [3.05, 3.63) is 265 Å². The van der Waals surface area contributed by atoms with E-state index in [4.69, 9.17) is 8.83 Å². The largest absolute Gasteiger partial charge is 0.454 e. The summed E-state index contributed by atoms with van der Waals surface area (Å²) in [5.41, 5.74) is 22.7. The smallest absolute Gasteiger partial charge is 0.159 e. The van der Waals surface area contributed by atoms with Gasteiger partial charge in [-0.25, -0.2) is 0 Å². The van der Waals surface area contributed by atoms with Gasteiger partial charge >= 0.3 is 0 Å². The second-order valence-electron chi connectivity index (χ2n) is 25.6. The molecule has 0 N–H and O–H groups in total. The summed E-state index contributed by atoms with van der Waals surface area (Å²) in [6.07, 6.45) is 12.6. The van der Waals surface area contributed by atoms with E-state index in [9.17, 15) is 0 Å². The number of hydrogen-bond acceptors (Lipinski definition) is 4. The molecule has 17 rings (SSSR count). The summed E-state index contributed by atoms with van der Waals surface area (Å²) >= 11 is 0. The SMILES string of the molecule is CC1(C)c2cc3cc(N(c4cccc(-c5ccccc5)c4)c4cccc5c4oc4c(C6CCCCC6)cccc45)ccc3cc2-c2cc3ccc(N(c4cccc(-c5ccccc5)c4)c4cccc5c4oc4c(C6CCCCC6)cccc45)cc3cc21. The highest BCUT2D eigenvalue weighted by molar-refractivity contribution is 6.13. The zero-order valence-corrected chi connectivity index (χ0v) is 49.5. The van der Waals surface area contributed by atoms with Gasteiger partial charge in [0.1, 0.15) is 11.2 Å². The maximum atomic E-state index is 7.24. The van der Waals surface area contributed by atoms with E-state index in [2.05, 4.69) is 266 Å². The van der Waals surface area contributed by atoms with Crippen molar-refractivity contribution >= 4 is 99.5 Å². The van der Waals surface area contributed by atoms with Crippen LogP contribution in [0.3, 0.4) is 0 Å². The highest BCUT2D eigenvalue weighted by Gasteiger charge is 2.37. The topological polar surface area (TPSA) is 32.8 Å². The minimum Gasteiger partial charge on any atom is -0.454 e. The number of fused-ring (bicyclic) bond motifs is 11. The monoisotopic (exact) mass is 1120 g/mol. The Labute approximate surface area is 508 Å². The van der Waals surface area contributed by atoms with E-state index >= 15 is 0 Å². The molecule has 0 bridgehead atoms. The Morgan fingerprint density at radius 1 is 0.310 bits per heavy atom. The van der Waals surface area contributed by atoms with E-state index in [1.165, 1.54) is 152 Å². The number of nitrogens with zero attached hydrogens (tertiary/aromatic N) is 2. The average Bonchev–Trinajstić information content (AvgIpc) is 2.06. The van der Waals surface area contributed by atoms with Gasteiger partial charge in [-0.3, -0.25) is 0 Å². The molecule has 2 aromatic heterocycles. The fourth-order valence-corrected chi connectivity index (χ4v) is 15.7. The Kier molecular flexibility index (Phi) is 12.4. The molecule has 0 saturated heterocycles. The first-order valence-corrected chi connectivity index (χ1v) is 31.8. The normalized spacial score (nSPS) is 15.2. The van der Waals surface area contributed by atoms with E-state index in [0.29, 0.717) is 11.8 Å². The fraction of sp³-hybridized carbons (Fsp3) is 0.181. The lowest BCUT2D eigenvalue weighted by Gasteiger charge is -2.27. The molecule has 4 heteroatoms. The Balaban J connectivity index is 0.787. The minimum absolute atomic E-state index is 0.279. The van der Waals surface area contributed by atoms with Crippen LogP contribution in [0.2, 0.25) is 0 Å². The number of hydrogen-bond donors (Lipinski definition) is 0. The zero-order chi connectivity index (χ0) is 57.7. The standard InChI is InChI=1S/C83H68N2O2/c1-83(2)75-51-61-47-65(84(63-31-15-29-57(45-63)53-21-7-3-8-22-53)77-39-19-37-71-69-35-17-33-67(79(69)86-81(71)77)55-25-11-5-12-26-55)43-41-59(61)49-73(75)74-50-60-42-44-66(48-62(60)52-76(74)83)85(64-32-16-30-58(46-64)54-23-9-4-10-24-54)78-40-20-38-72-70-36-18-34-68(80(70)87-82(72)78)56-27-13-6-14-28-56/h3-4,7-10,15-24,29-52,55-56H,5-6,11-14,25-28H2,1-2H3. The van der Waals surface area contributed by atoms with E-state index in [-0.39, 0.29) is 5.41 Å². The third-order valence-corrected chi connectivity index (χ3v) is 20.1. The lowest BCUT2D eigenvalue weighted by molar-refractivity contribution is 0.442. The van der Waals surface area contributed by atoms with Crippen molar-refractivity contribution in [2.45, 2.75) is 95.3 Å². The molecule has 0 radical (unpaired) electrons. The van der Waals surface area contributed by atoms with Gasteiger partial charge in [-0.05, 0) is 200 Å². The van der Waals surface area contributed by atoms with Gasteiger partial charge in [-0.1, -0.05) is 210 Å². The third-order valence-electron chi connectivity index (χ3n) is 20.1. The summed E-state index contributed by atoms with van der Waals surface area (Å²) < 4.78 is 14.5. The van der Waals surface area contributed by atoms with E-state index in [1.807, 2.05) is 0 Å². The maximum Gasteiger partial charge on any atom is 0.159 e. The molecule has 0 aliphatic heterocycles. The predicted molar refractivity (Wildman–Crippen MR) is 365 cm³/mol. The number of rotatable bonds is 10. The minimum atomic E-state index is -0.279. The van der Waals surface area contributed by atoms with Crippen LogP contribution in [-0.2, 0) is 5.41 Å². The van der Waals surface area contributed by atoms with Gasteiger partial charge in [0.05, 0.1) is 11.4 Å². The first-order valence-electron chi connectivity index (χ1n) is 31.8. The second-order valence-corrected chi connectivity index (χ2v) is 25.6. The van der Waals surface area contributed by atoms with Crippen molar-refractivity contribution < 1.29 is 8.83 Å². The van der Waals surface area contributed by atoms with Gasteiger partial charge in [-0.15, -0.1) is 0 Å². The van der Waals surface area contributed by atoms with Crippen LogP contribution in [-0.4, -0.2) is 0 Å². The highest BCUT2D eigenvalue weighted by Crippen LogP contribution is 2.54. The average molecular weight is 1130 g/mol. The molecule has 2 fully saturated rings. The molecule has 422 valence electrons. The zero-order valence-electron chi connectivity index (χ0n) is 49.5. The molecule has 14 aromatic rings. The van der Waals surface area contributed by atoms with Crippen LogP contribution in [0, 0.1) is 0 Å². The second kappa shape index (κ2) is 20.8. The van der Waals surface area contributed by atoms with Crippen molar-refractivity contribution in [1.82, 2.24) is 0 Å². The summed E-state index contributed by atoms with van der Waals surface area (Å²) in [7, 11) is 0. The van der Waals surface area contributed by atoms with Gasteiger partial charge in [0, 0.05) is 49.7 Å². The molecule has 3 aliphatic carbocycles. The Morgan fingerprint density at radius 3 is 1.13 bits per heavy atom. The fourth-order valence-electron chi connectivity index (χ4n) is 15.7. The number of benzene rings is 12. The Hall–Kier alpha value is -9.64. The van der Waals surface area contributed by atoms with Gasteiger partial charge < -0.3 is 18.6 Å². The number of anilines is 6. The molecule has 12 aromatic carbocycles. The van der Waals surface area contributed by atoms with Crippen LogP contribution in [0.4, 0.5) is 34.1 Å². The van der Waals surface area contributed by atoms with E-state index < -0.39 is 0 Å². The highest BCUT2D eigenvalue weighted by atomic mass is 16.3. The third kappa shape index (κ3) is 8.70. The summed E-state index contributed by atoms with van der Waals surface area (Å²) in [5.74, 6) is 1.04. The van der Waals surface area contributed by atoms with Crippen LogP contribution in [0.5, 0.6) is 0 Å². The van der Waals surface area contributed by atoms with Crippen LogP contribution >= 0.6 is 0 Å². The molecule has 2 heterocycles. The predicted octanol–water partition coefficient (Wildman–Crippen LogP) is 24.5. The van der Waals surface area contributed by atoms with Crippen molar-refractivity contribution in [2.24, 2.45) is 0 Å². The van der Waals surface area contributed by atoms with Crippen molar-refractivity contribution in [2.75, 3.05) is 9.80 Å². The quantitative estimate of drug-likeness (QED) is 0.137.